The van der Waals surface area contributed by atoms with Crippen LogP contribution in [-0.4, -0.2) is 45.9 Å². The van der Waals surface area contributed by atoms with Gasteiger partial charge in [-0.15, -0.1) is 11.3 Å². The SMILES string of the molecule is CCc1c[nH]c2cc(O)c(-c3ccc(-c4ncc(C)s4)n3-c3ccc(N4CCOCC4)cc3)cc12. The maximum absolute atomic E-state index is 11.0. The minimum absolute atomic E-state index is 0.258. The molecule has 7 heteroatoms. The Morgan fingerprint density at radius 2 is 1.77 bits per heavy atom. The summed E-state index contributed by atoms with van der Waals surface area (Å²) in [5, 5.41) is 13.2. The summed E-state index contributed by atoms with van der Waals surface area (Å²) in [7, 11) is 0. The monoisotopic (exact) mass is 484 g/mol. The van der Waals surface area contributed by atoms with Gasteiger partial charge in [0.2, 0.25) is 0 Å². The molecule has 1 aliphatic rings. The van der Waals surface area contributed by atoms with Crippen molar-refractivity contribution in [2.75, 3.05) is 31.2 Å². The second kappa shape index (κ2) is 8.91. The lowest BCUT2D eigenvalue weighted by Gasteiger charge is -2.29. The highest BCUT2D eigenvalue weighted by atomic mass is 32.1. The van der Waals surface area contributed by atoms with Gasteiger partial charge in [-0.2, -0.15) is 0 Å². The minimum atomic E-state index is 0.258. The Hall–Kier alpha value is -3.55. The van der Waals surface area contributed by atoms with E-state index in [4.69, 9.17) is 4.74 Å². The molecule has 35 heavy (non-hydrogen) atoms. The molecule has 5 aromatic rings. The molecule has 1 fully saturated rings. The highest BCUT2D eigenvalue weighted by Gasteiger charge is 2.20. The average Bonchev–Trinajstić information content (AvgIpc) is 3.62. The second-order valence-corrected chi connectivity index (χ2v) is 10.1. The van der Waals surface area contributed by atoms with Gasteiger partial charge in [-0.25, -0.2) is 4.98 Å². The van der Waals surface area contributed by atoms with Gasteiger partial charge >= 0.3 is 0 Å². The molecule has 0 atom stereocenters. The third-order valence-corrected chi connectivity index (χ3v) is 7.68. The zero-order valence-electron chi connectivity index (χ0n) is 19.9. The van der Waals surface area contributed by atoms with Gasteiger partial charge in [0.25, 0.3) is 0 Å². The first-order chi connectivity index (χ1) is 17.1. The largest absolute Gasteiger partial charge is 0.507 e. The molecule has 1 saturated heterocycles. The van der Waals surface area contributed by atoms with Crippen LogP contribution in [0.25, 0.3) is 38.5 Å². The van der Waals surface area contributed by atoms with Gasteiger partial charge in [-0.3, -0.25) is 0 Å². The fourth-order valence-corrected chi connectivity index (χ4v) is 5.69. The summed E-state index contributed by atoms with van der Waals surface area (Å²) in [5.41, 5.74) is 7.19. The quantitative estimate of drug-likeness (QED) is 0.313. The molecule has 2 N–H and O–H groups in total. The number of thiazole rings is 1. The molecule has 0 radical (unpaired) electrons. The molecule has 178 valence electrons. The second-order valence-electron chi connectivity index (χ2n) is 8.91. The Balaban J connectivity index is 1.51. The lowest BCUT2D eigenvalue weighted by Crippen LogP contribution is -2.36. The van der Waals surface area contributed by atoms with E-state index in [0.29, 0.717) is 0 Å². The van der Waals surface area contributed by atoms with E-state index in [1.807, 2.05) is 18.5 Å². The fourth-order valence-electron chi connectivity index (χ4n) is 4.91. The number of rotatable bonds is 5. The Bertz CT molecular complexity index is 1490. The Kier molecular flexibility index (Phi) is 5.59. The maximum atomic E-state index is 11.0. The molecule has 0 spiro atoms. The van der Waals surface area contributed by atoms with Crippen LogP contribution < -0.4 is 4.90 Å². The van der Waals surface area contributed by atoms with Gasteiger partial charge in [0, 0.05) is 64.3 Å². The van der Waals surface area contributed by atoms with Crippen molar-refractivity contribution in [2.45, 2.75) is 20.3 Å². The summed E-state index contributed by atoms with van der Waals surface area (Å²) in [6.07, 6.45) is 4.87. The molecule has 0 amide bonds. The third kappa shape index (κ3) is 3.90. The average molecular weight is 485 g/mol. The first-order valence-electron chi connectivity index (χ1n) is 12.0. The molecular weight excluding hydrogens is 456 g/mol. The van der Waals surface area contributed by atoms with Crippen LogP contribution in [0.4, 0.5) is 5.69 Å². The number of aromatic nitrogens is 3. The predicted octanol–water partition coefficient (Wildman–Crippen LogP) is 6.16. The highest BCUT2D eigenvalue weighted by Crippen LogP contribution is 2.40. The molecule has 6 nitrogen and oxygen atoms in total. The molecule has 0 unspecified atom stereocenters. The van der Waals surface area contributed by atoms with Crippen molar-refractivity contribution in [3.63, 3.8) is 0 Å². The molecule has 4 heterocycles. The molecule has 0 aliphatic carbocycles. The standard InChI is InChI=1S/C28H28N4O2S/c1-3-19-17-29-24-15-27(33)23(14-22(19)24)25-8-9-26(28-30-16-18(2)35-28)32(25)21-6-4-20(5-7-21)31-10-12-34-13-11-31/h4-9,14-17,29,33H,3,10-13H2,1-2H3. The Labute approximate surface area is 208 Å². The van der Waals surface area contributed by atoms with Crippen LogP contribution in [0.3, 0.4) is 0 Å². The molecular formula is C28H28N4O2S. The first kappa shape index (κ1) is 21.9. The predicted molar refractivity (Wildman–Crippen MR) is 143 cm³/mol. The Morgan fingerprint density at radius 3 is 2.49 bits per heavy atom. The fraction of sp³-hybridized carbons (Fsp3) is 0.250. The number of fused-ring (bicyclic) bond motifs is 1. The highest BCUT2D eigenvalue weighted by molar-refractivity contribution is 7.14. The van der Waals surface area contributed by atoms with Gasteiger partial charge in [-0.05, 0) is 61.4 Å². The van der Waals surface area contributed by atoms with E-state index in [9.17, 15) is 5.11 Å². The van der Waals surface area contributed by atoms with Gasteiger partial charge < -0.3 is 24.3 Å². The van der Waals surface area contributed by atoms with Crippen LogP contribution in [-0.2, 0) is 11.2 Å². The van der Waals surface area contributed by atoms with Crippen molar-refractivity contribution in [1.82, 2.24) is 14.5 Å². The van der Waals surface area contributed by atoms with E-state index in [-0.39, 0.29) is 5.75 Å². The lowest BCUT2D eigenvalue weighted by molar-refractivity contribution is 0.122. The number of phenolic OH excluding ortho intramolecular Hbond substituents is 1. The summed E-state index contributed by atoms with van der Waals surface area (Å²) in [5.74, 6) is 0.258. The van der Waals surface area contributed by atoms with Crippen molar-refractivity contribution in [3.05, 3.63) is 71.4 Å². The van der Waals surface area contributed by atoms with E-state index in [1.54, 1.807) is 11.3 Å². The molecule has 2 aromatic carbocycles. The summed E-state index contributed by atoms with van der Waals surface area (Å²) in [4.78, 5) is 11.5. The van der Waals surface area contributed by atoms with E-state index in [1.165, 1.54) is 16.1 Å². The van der Waals surface area contributed by atoms with Crippen LogP contribution in [0, 0.1) is 6.92 Å². The topological polar surface area (TPSA) is 66.3 Å². The molecule has 6 rings (SSSR count). The van der Waals surface area contributed by atoms with Crippen LogP contribution in [0.2, 0.25) is 0 Å². The van der Waals surface area contributed by atoms with E-state index < -0.39 is 0 Å². The zero-order chi connectivity index (χ0) is 23.9. The number of aromatic amines is 1. The normalized spacial score (nSPS) is 14.2. The number of hydrogen-bond donors (Lipinski definition) is 2. The number of phenols is 1. The number of hydrogen-bond acceptors (Lipinski definition) is 5. The number of nitrogens with one attached hydrogen (secondary N) is 1. The third-order valence-electron chi connectivity index (χ3n) is 6.75. The number of ether oxygens (including phenoxy) is 1. The molecule has 0 bridgehead atoms. The van der Waals surface area contributed by atoms with Crippen molar-refractivity contribution >= 4 is 27.9 Å². The number of aromatic hydroxyl groups is 1. The van der Waals surface area contributed by atoms with Gasteiger partial charge in [0.05, 0.1) is 24.6 Å². The number of aryl methyl sites for hydroxylation is 2. The van der Waals surface area contributed by atoms with Crippen molar-refractivity contribution in [1.29, 1.82) is 0 Å². The number of nitrogens with zero attached hydrogens (tertiary/aromatic N) is 3. The van der Waals surface area contributed by atoms with Crippen molar-refractivity contribution in [3.8, 4) is 33.4 Å². The number of anilines is 1. The van der Waals surface area contributed by atoms with Crippen LogP contribution in [0.1, 0.15) is 17.4 Å². The number of morpholine rings is 1. The van der Waals surface area contributed by atoms with E-state index in [0.717, 1.165) is 71.3 Å². The van der Waals surface area contributed by atoms with Gasteiger partial charge in [0.15, 0.2) is 0 Å². The van der Waals surface area contributed by atoms with E-state index in [2.05, 4.69) is 75.7 Å². The summed E-state index contributed by atoms with van der Waals surface area (Å²) in [6, 6.07) is 16.8. The van der Waals surface area contributed by atoms with Crippen molar-refractivity contribution < 1.29 is 9.84 Å². The van der Waals surface area contributed by atoms with Gasteiger partial charge in [0.1, 0.15) is 10.8 Å². The summed E-state index contributed by atoms with van der Waals surface area (Å²) in [6.45, 7) is 7.56. The molecule has 3 aromatic heterocycles. The van der Waals surface area contributed by atoms with Crippen LogP contribution in [0.5, 0.6) is 5.75 Å². The zero-order valence-corrected chi connectivity index (χ0v) is 20.7. The summed E-state index contributed by atoms with van der Waals surface area (Å²) < 4.78 is 7.72. The van der Waals surface area contributed by atoms with Crippen LogP contribution in [0.15, 0.2) is 60.9 Å². The lowest BCUT2D eigenvalue weighted by atomic mass is 10.0. The maximum Gasteiger partial charge on any atom is 0.140 e. The molecule has 0 saturated carbocycles. The van der Waals surface area contributed by atoms with Gasteiger partial charge in [-0.1, -0.05) is 6.92 Å². The summed E-state index contributed by atoms with van der Waals surface area (Å²) >= 11 is 1.68. The minimum Gasteiger partial charge on any atom is -0.507 e. The Morgan fingerprint density at radius 1 is 1.03 bits per heavy atom. The van der Waals surface area contributed by atoms with E-state index >= 15 is 0 Å². The number of benzene rings is 2. The van der Waals surface area contributed by atoms with Crippen LogP contribution >= 0.6 is 11.3 Å². The first-order valence-corrected chi connectivity index (χ1v) is 12.8. The molecule has 1 aliphatic heterocycles. The van der Waals surface area contributed by atoms with Crippen molar-refractivity contribution in [2.24, 2.45) is 0 Å². The smallest absolute Gasteiger partial charge is 0.140 e. The number of H-pyrrole nitrogens is 1.